The zero-order chi connectivity index (χ0) is 12.3. The third kappa shape index (κ3) is 2.71. The second-order valence-electron chi connectivity index (χ2n) is 3.28. The minimum Gasteiger partial charge on any atom is -0.340 e. The zero-order valence-electron chi connectivity index (χ0n) is 8.61. The fourth-order valence-electron chi connectivity index (χ4n) is 1.31. The van der Waals surface area contributed by atoms with Crippen LogP contribution in [0, 0.1) is 17.1 Å². The van der Waals surface area contributed by atoms with Crippen molar-refractivity contribution in [2.75, 3.05) is 5.32 Å². The molecule has 0 atom stereocenters. The van der Waals surface area contributed by atoms with Crippen molar-refractivity contribution in [2.45, 2.75) is 0 Å². The maximum atomic E-state index is 13.1. The second-order valence-corrected chi connectivity index (χ2v) is 3.66. The molecule has 0 amide bonds. The highest BCUT2D eigenvalue weighted by Gasteiger charge is 2.03. The predicted molar refractivity (Wildman–Crippen MR) is 63.6 cm³/mol. The van der Waals surface area contributed by atoms with Crippen molar-refractivity contribution in [3.63, 3.8) is 0 Å². The van der Waals surface area contributed by atoms with Crippen LogP contribution in [0.3, 0.4) is 0 Å². The number of pyridine rings is 1. The van der Waals surface area contributed by atoms with Crippen molar-refractivity contribution in [1.29, 1.82) is 5.26 Å². The van der Waals surface area contributed by atoms with Gasteiger partial charge in [0.05, 0.1) is 5.56 Å². The molecule has 0 aliphatic heterocycles. The summed E-state index contributed by atoms with van der Waals surface area (Å²) in [6, 6.07) is 11.1. The van der Waals surface area contributed by atoms with Gasteiger partial charge in [-0.2, -0.15) is 5.26 Å². The van der Waals surface area contributed by atoms with Crippen molar-refractivity contribution in [3.05, 3.63) is 52.9 Å². The van der Waals surface area contributed by atoms with Gasteiger partial charge in [0.25, 0.3) is 0 Å². The van der Waals surface area contributed by atoms with Crippen LogP contribution in [0.1, 0.15) is 5.56 Å². The molecule has 1 aromatic carbocycles. The number of hydrogen-bond donors (Lipinski definition) is 1. The maximum absolute atomic E-state index is 13.1. The van der Waals surface area contributed by atoms with Crippen LogP contribution >= 0.6 is 11.6 Å². The second kappa shape index (κ2) is 4.81. The van der Waals surface area contributed by atoms with Crippen LogP contribution in [0.2, 0.25) is 5.15 Å². The molecule has 3 nitrogen and oxygen atoms in total. The highest BCUT2D eigenvalue weighted by atomic mass is 35.5. The number of nitrogens with one attached hydrogen (secondary N) is 1. The standard InChI is InChI=1S/C12H7ClFN3/c13-11-2-1-3-12(17-11)16-9-4-5-10(14)8(6-9)7-15/h1-6H,(H,16,17). The summed E-state index contributed by atoms with van der Waals surface area (Å²) in [5.41, 5.74) is 0.565. The molecule has 2 aromatic rings. The molecule has 0 saturated heterocycles. The molecule has 1 N–H and O–H groups in total. The van der Waals surface area contributed by atoms with E-state index in [1.165, 1.54) is 18.2 Å². The van der Waals surface area contributed by atoms with E-state index < -0.39 is 5.82 Å². The van der Waals surface area contributed by atoms with E-state index in [-0.39, 0.29) is 5.56 Å². The van der Waals surface area contributed by atoms with Gasteiger partial charge in [0.2, 0.25) is 0 Å². The number of nitrogens with zero attached hydrogens (tertiary/aromatic N) is 2. The first-order valence-corrected chi connectivity index (χ1v) is 5.16. The Morgan fingerprint density at radius 2 is 2.12 bits per heavy atom. The van der Waals surface area contributed by atoms with Gasteiger partial charge in [0, 0.05) is 5.69 Å². The van der Waals surface area contributed by atoms with Crippen LogP contribution in [-0.2, 0) is 0 Å². The van der Waals surface area contributed by atoms with Gasteiger partial charge in [-0.1, -0.05) is 17.7 Å². The lowest BCUT2D eigenvalue weighted by atomic mass is 10.2. The Labute approximate surface area is 102 Å². The Hall–Kier alpha value is -2.12. The molecular weight excluding hydrogens is 241 g/mol. The molecule has 1 aromatic heterocycles. The molecule has 84 valence electrons. The lowest BCUT2D eigenvalue weighted by molar-refractivity contribution is 0.624. The number of anilines is 2. The van der Waals surface area contributed by atoms with Gasteiger partial charge in [-0.3, -0.25) is 0 Å². The SMILES string of the molecule is N#Cc1cc(Nc2cccc(Cl)n2)ccc1F. The molecule has 0 fully saturated rings. The van der Waals surface area contributed by atoms with Gasteiger partial charge in [-0.25, -0.2) is 9.37 Å². The van der Waals surface area contributed by atoms with E-state index in [4.69, 9.17) is 16.9 Å². The number of aromatic nitrogens is 1. The monoisotopic (exact) mass is 247 g/mol. The summed E-state index contributed by atoms with van der Waals surface area (Å²) in [4.78, 5) is 4.02. The molecule has 1 heterocycles. The Morgan fingerprint density at radius 1 is 1.29 bits per heavy atom. The Kier molecular flexibility index (Phi) is 3.22. The van der Waals surface area contributed by atoms with Gasteiger partial charge in [0.1, 0.15) is 22.9 Å². The zero-order valence-corrected chi connectivity index (χ0v) is 9.37. The van der Waals surface area contributed by atoms with Gasteiger partial charge >= 0.3 is 0 Å². The molecule has 0 bridgehead atoms. The fraction of sp³-hybridized carbons (Fsp3) is 0. The number of benzene rings is 1. The van der Waals surface area contributed by atoms with E-state index in [0.29, 0.717) is 16.7 Å². The van der Waals surface area contributed by atoms with E-state index in [0.717, 1.165) is 0 Å². The van der Waals surface area contributed by atoms with Gasteiger partial charge in [-0.05, 0) is 30.3 Å². The molecule has 0 radical (unpaired) electrons. The van der Waals surface area contributed by atoms with Crippen molar-refractivity contribution in [3.8, 4) is 6.07 Å². The van der Waals surface area contributed by atoms with Crippen LogP contribution in [0.25, 0.3) is 0 Å². The van der Waals surface area contributed by atoms with Crippen LogP contribution in [0.15, 0.2) is 36.4 Å². The minimum absolute atomic E-state index is 0.0166. The molecule has 0 spiro atoms. The van der Waals surface area contributed by atoms with Crippen molar-refractivity contribution in [1.82, 2.24) is 4.98 Å². The average molecular weight is 248 g/mol. The fourth-order valence-corrected chi connectivity index (χ4v) is 1.48. The molecule has 0 unspecified atom stereocenters. The van der Waals surface area contributed by atoms with Crippen LogP contribution < -0.4 is 5.32 Å². The number of rotatable bonds is 2. The van der Waals surface area contributed by atoms with Crippen molar-refractivity contribution < 1.29 is 4.39 Å². The summed E-state index contributed by atoms with van der Waals surface area (Å²) >= 11 is 5.73. The summed E-state index contributed by atoms with van der Waals surface area (Å²) in [5.74, 6) is -0.00917. The first-order valence-electron chi connectivity index (χ1n) is 4.78. The first-order chi connectivity index (χ1) is 8.19. The molecule has 0 saturated carbocycles. The summed E-state index contributed by atoms with van der Waals surface area (Å²) in [7, 11) is 0. The Bertz CT molecular complexity index is 593. The highest BCUT2D eigenvalue weighted by Crippen LogP contribution is 2.19. The first kappa shape index (κ1) is 11.4. The largest absolute Gasteiger partial charge is 0.340 e. The lowest BCUT2D eigenvalue weighted by Gasteiger charge is -2.06. The molecule has 17 heavy (non-hydrogen) atoms. The summed E-state index contributed by atoms with van der Waals surface area (Å²) in [6.07, 6.45) is 0. The average Bonchev–Trinajstić information content (AvgIpc) is 2.32. The lowest BCUT2D eigenvalue weighted by Crippen LogP contribution is -1.94. The van der Waals surface area contributed by atoms with E-state index in [9.17, 15) is 4.39 Å². The number of hydrogen-bond acceptors (Lipinski definition) is 3. The molecule has 0 aliphatic rings. The van der Waals surface area contributed by atoms with E-state index in [2.05, 4.69) is 10.3 Å². The number of halogens is 2. The number of nitriles is 1. The van der Waals surface area contributed by atoms with Crippen LogP contribution in [-0.4, -0.2) is 4.98 Å². The van der Waals surface area contributed by atoms with E-state index in [1.807, 2.05) is 0 Å². The van der Waals surface area contributed by atoms with E-state index in [1.54, 1.807) is 24.3 Å². The predicted octanol–water partition coefficient (Wildman–Crippen LogP) is 3.49. The smallest absolute Gasteiger partial charge is 0.141 e. The normalized spacial score (nSPS) is 9.71. The van der Waals surface area contributed by atoms with Gasteiger partial charge in [-0.15, -0.1) is 0 Å². The molecular formula is C12H7ClFN3. The molecule has 5 heteroatoms. The van der Waals surface area contributed by atoms with Gasteiger partial charge < -0.3 is 5.32 Å². The third-order valence-electron chi connectivity index (χ3n) is 2.07. The molecule has 0 aliphatic carbocycles. The van der Waals surface area contributed by atoms with Crippen LogP contribution in [0.5, 0.6) is 0 Å². The van der Waals surface area contributed by atoms with Crippen LogP contribution in [0.4, 0.5) is 15.9 Å². The minimum atomic E-state index is -0.544. The Balaban J connectivity index is 2.28. The summed E-state index contributed by atoms with van der Waals surface area (Å²) < 4.78 is 13.1. The maximum Gasteiger partial charge on any atom is 0.141 e. The molecule has 2 rings (SSSR count). The van der Waals surface area contributed by atoms with Crippen molar-refractivity contribution in [2.24, 2.45) is 0 Å². The quantitative estimate of drug-likeness (QED) is 0.827. The van der Waals surface area contributed by atoms with Gasteiger partial charge in [0.15, 0.2) is 0 Å². The van der Waals surface area contributed by atoms with E-state index >= 15 is 0 Å². The Morgan fingerprint density at radius 3 is 2.82 bits per heavy atom. The summed E-state index contributed by atoms with van der Waals surface area (Å²) in [6.45, 7) is 0. The highest BCUT2D eigenvalue weighted by molar-refractivity contribution is 6.29. The summed E-state index contributed by atoms with van der Waals surface area (Å²) in [5, 5.41) is 12.0. The third-order valence-corrected chi connectivity index (χ3v) is 2.28. The van der Waals surface area contributed by atoms with Crippen molar-refractivity contribution >= 4 is 23.1 Å². The topological polar surface area (TPSA) is 48.7 Å².